The summed E-state index contributed by atoms with van der Waals surface area (Å²) < 4.78 is 32.6. The fourth-order valence-corrected chi connectivity index (χ4v) is 5.39. The molecule has 0 bridgehead atoms. The summed E-state index contributed by atoms with van der Waals surface area (Å²) in [4.78, 5) is 12.5. The van der Waals surface area contributed by atoms with Gasteiger partial charge >= 0.3 is 0 Å². The van der Waals surface area contributed by atoms with Crippen molar-refractivity contribution in [3.63, 3.8) is 0 Å². The molecule has 0 amide bonds. The molecular formula is C17H20N4O4S3. The fourth-order valence-electron chi connectivity index (χ4n) is 2.48. The van der Waals surface area contributed by atoms with Crippen LogP contribution in [-0.4, -0.2) is 67.3 Å². The molecule has 1 aromatic carbocycles. The van der Waals surface area contributed by atoms with Gasteiger partial charge < -0.3 is 10.1 Å². The second kappa shape index (κ2) is 9.61. The third-order valence-electron chi connectivity index (χ3n) is 3.92. The van der Waals surface area contributed by atoms with Crippen LogP contribution in [0.2, 0.25) is 0 Å². The highest BCUT2D eigenvalue weighted by atomic mass is 32.2. The zero-order valence-electron chi connectivity index (χ0n) is 15.0. The van der Waals surface area contributed by atoms with Gasteiger partial charge in [-0.15, -0.1) is 16.8 Å². The zero-order chi connectivity index (χ0) is 20.0. The quantitative estimate of drug-likeness (QED) is 0.359. The maximum atomic E-state index is 12.6. The normalized spacial score (nSPS) is 15.3. The lowest BCUT2D eigenvalue weighted by Crippen LogP contribution is -2.40. The second-order valence-corrected chi connectivity index (χ2v) is 9.97. The first kappa shape index (κ1) is 20.9. The summed E-state index contributed by atoms with van der Waals surface area (Å²) in [6.45, 7) is 5.15. The average molecular weight is 441 g/mol. The Balaban J connectivity index is 1.59. The monoisotopic (exact) mass is 440 g/mol. The molecule has 1 fully saturated rings. The lowest BCUT2D eigenvalue weighted by atomic mass is 10.1. The van der Waals surface area contributed by atoms with Crippen molar-refractivity contribution in [1.82, 2.24) is 14.5 Å². The Morgan fingerprint density at radius 2 is 2.00 bits per heavy atom. The molecule has 8 nitrogen and oxygen atoms in total. The minimum absolute atomic E-state index is 0.0519. The fraction of sp³-hybridized carbons (Fsp3) is 0.353. The molecule has 1 aliphatic heterocycles. The highest BCUT2D eigenvalue weighted by Gasteiger charge is 2.26. The van der Waals surface area contributed by atoms with Gasteiger partial charge in [0.1, 0.15) is 0 Å². The van der Waals surface area contributed by atoms with Gasteiger partial charge in [-0.05, 0) is 24.3 Å². The number of anilines is 1. The number of ketones is 1. The van der Waals surface area contributed by atoms with Crippen LogP contribution in [0, 0.1) is 0 Å². The SMILES string of the molecule is C=CCSc1nnc(NCC(=O)c2ccc(S(=O)(=O)N3CCOCC3)cc2)s1. The Bertz CT molecular complexity index is 922. The molecule has 0 radical (unpaired) electrons. The Morgan fingerprint density at radius 3 is 2.68 bits per heavy atom. The highest BCUT2D eigenvalue weighted by molar-refractivity contribution is 8.01. The minimum atomic E-state index is -3.56. The molecule has 150 valence electrons. The number of morpholine rings is 1. The molecule has 1 N–H and O–H groups in total. The van der Waals surface area contributed by atoms with E-state index in [1.165, 1.54) is 51.7 Å². The van der Waals surface area contributed by atoms with Crippen molar-refractivity contribution in [2.45, 2.75) is 9.24 Å². The summed E-state index contributed by atoms with van der Waals surface area (Å²) in [5.74, 6) is 0.582. The number of carbonyl (C=O) groups excluding carboxylic acids is 1. The predicted molar refractivity (Wildman–Crippen MR) is 110 cm³/mol. The van der Waals surface area contributed by atoms with E-state index in [1.807, 2.05) is 0 Å². The van der Waals surface area contributed by atoms with Crippen LogP contribution in [0.15, 0.2) is 46.2 Å². The molecule has 0 unspecified atom stereocenters. The average Bonchev–Trinajstić information content (AvgIpc) is 3.19. The van der Waals surface area contributed by atoms with Crippen molar-refractivity contribution in [3.8, 4) is 0 Å². The molecular weight excluding hydrogens is 420 g/mol. The van der Waals surface area contributed by atoms with E-state index in [9.17, 15) is 13.2 Å². The van der Waals surface area contributed by atoms with Gasteiger partial charge in [0.15, 0.2) is 10.1 Å². The maximum Gasteiger partial charge on any atom is 0.243 e. The van der Waals surface area contributed by atoms with Gasteiger partial charge in [-0.1, -0.05) is 29.2 Å². The Labute approximate surface area is 172 Å². The maximum absolute atomic E-state index is 12.6. The van der Waals surface area contributed by atoms with Gasteiger partial charge in [-0.25, -0.2) is 8.42 Å². The van der Waals surface area contributed by atoms with E-state index in [0.717, 1.165) is 10.1 Å². The zero-order valence-corrected chi connectivity index (χ0v) is 17.5. The van der Waals surface area contributed by atoms with Crippen LogP contribution in [0.4, 0.5) is 5.13 Å². The van der Waals surface area contributed by atoms with Crippen molar-refractivity contribution in [1.29, 1.82) is 0 Å². The summed E-state index contributed by atoms with van der Waals surface area (Å²) in [5.41, 5.74) is 0.430. The summed E-state index contributed by atoms with van der Waals surface area (Å²) in [7, 11) is -3.56. The minimum Gasteiger partial charge on any atom is -0.379 e. The van der Waals surface area contributed by atoms with Crippen LogP contribution in [0.3, 0.4) is 0 Å². The van der Waals surface area contributed by atoms with Crippen molar-refractivity contribution < 1.29 is 17.9 Å². The van der Waals surface area contributed by atoms with Crippen LogP contribution in [-0.2, 0) is 14.8 Å². The van der Waals surface area contributed by atoms with Crippen LogP contribution >= 0.6 is 23.1 Å². The smallest absolute Gasteiger partial charge is 0.243 e. The number of ether oxygens (including phenoxy) is 1. The van der Waals surface area contributed by atoms with E-state index in [1.54, 1.807) is 6.08 Å². The van der Waals surface area contributed by atoms with Gasteiger partial charge in [0.2, 0.25) is 15.2 Å². The Kier molecular flexibility index (Phi) is 7.18. The van der Waals surface area contributed by atoms with E-state index in [-0.39, 0.29) is 17.2 Å². The molecule has 0 atom stereocenters. The third-order valence-corrected chi connectivity index (χ3v) is 7.84. The lowest BCUT2D eigenvalue weighted by molar-refractivity contribution is 0.0730. The van der Waals surface area contributed by atoms with E-state index in [0.29, 0.717) is 37.0 Å². The predicted octanol–water partition coefficient (Wildman–Crippen LogP) is 2.13. The van der Waals surface area contributed by atoms with Crippen LogP contribution in [0.5, 0.6) is 0 Å². The highest BCUT2D eigenvalue weighted by Crippen LogP contribution is 2.25. The summed E-state index contributed by atoms with van der Waals surface area (Å²) >= 11 is 2.89. The standard InChI is InChI=1S/C17H20N4O4S3/c1-2-11-26-17-20-19-16(27-17)18-12-15(22)13-3-5-14(6-4-13)28(23,24)21-7-9-25-10-8-21/h2-6H,1,7-12H2,(H,18,19). The molecule has 11 heteroatoms. The van der Waals surface area contributed by atoms with Gasteiger partial charge in [-0.2, -0.15) is 4.31 Å². The largest absolute Gasteiger partial charge is 0.379 e. The van der Waals surface area contributed by atoms with Crippen LogP contribution in [0.1, 0.15) is 10.4 Å². The summed E-state index contributed by atoms with van der Waals surface area (Å²) in [5, 5.41) is 11.5. The van der Waals surface area contributed by atoms with Crippen molar-refractivity contribution in [3.05, 3.63) is 42.5 Å². The van der Waals surface area contributed by atoms with Gasteiger partial charge in [0, 0.05) is 24.4 Å². The molecule has 1 saturated heterocycles. The van der Waals surface area contributed by atoms with E-state index in [4.69, 9.17) is 4.74 Å². The molecule has 0 spiro atoms. The molecule has 1 aromatic heterocycles. The second-order valence-electron chi connectivity index (χ2n) is 5.79. The number of nitrogens with one attached hydrogen (secondary N) is 1. The number of hydrogen-bond acceptors (Lipinski definition) is 9. The Morgan fingerprint density at radius 1 is 1.29 bits per heavy atom. The number of hydrogen-bond donors (Lipinski definition) is 1. The number of carbonyl (C=O) groups is 1. The molecule has 2 heterocycles. The van der Waals surface area contributed by atoms with E-state index in [2.05, 4.69) is 22.1 Å². The van der Waals surface area contributed by atoms with E-state index >= 15 is 0 Å². The Hall–Kier alpha value is -1.79. The van der Waals surface area contributed by atoms with E-state index < -0.39 is 10.0 Å². The van der Waals surface area contributed by atoms with Crippen LogP contribution < -0.4 is 5.32 Å². The van der Waals surface area contributed by atoms with Crippen molar-refractivity contribution in [2.24, 2.45) is 0 Å². The van der Waals surface area contributed by atoms with Crippen molar-refractivity contribution in [2.75, 3.05) is 43.9 Å². The van der Waals surface area contributed by atoms with Gasteiger partial charge in [0.05, 0.1) is 24.7 Å². The molecule has 0 aliphatic carbocycles. The molecule has 28 heavy (non-hydrogen) atoms. The molecule has 2 aromatic rings. The summed E-state index contributed by atoms with van der Waals surface area (Å²) in [6.07, 6.45) is 1.78. The third kappa shape index (κ3) is 5.17. The number of thioether (sulfide) groups is 1. The number of aromatic nitrogens is 2. The first-order valence-corrected chi connectivity index (χ1v) is 11.8. The number of sulfonamides is 1. The molecule has 3 rings (SSSR count). The van der Waals surface area contributed by atoms with Crippen molar-refractivity contribution >= 4 is 44.0 Å². The topological polar surface area (TPSA) is 101 Å². The first-order valence-electron chi connectivity index (χ1n) is 8.53. The molecule has 1 aliphatic rings. The number of Topliss-reactive ketones (excluding diaryl/α,β-unsaturated/α-hetero) is 1. The number of benzene rings is 1. The molecule has 0 saturated carbocycles. The first-order chi connectivity index (χ1) is 13.5. The number of nitrogens with zero attached hydrogens (tertiary/aromatic N) is 3. The lowest BCUT2D eigenvalue weighted by Gasteiger charge is -2.26. The number of rotatable bonds is 9. The van der Waals surface area contributed by atoms with Gasteiger partial charge in [0.25, 0.3) is 0 Å². The van der Waals surface area contributed by atoms with Crippen LogP contribution in [0.25, 0.3) is 0 Å². The summed E-state index contributed by atoms with van der Waals surface area (Å²) in [6, 6.07) is 5.99. The van der Waals surface area contributed by atoms with Gasteiger partial charge in [-0.3, -0.25) is 4.79 Å².